The summed E-state index contributed by atoms with van der Waals surface area (Å²) in [6, 6.07) is 0. The van der Waals surface area contributed by atoms with Crippen LogP contribution in [0.4, 0.5) is 0 Å². The number of hydroxylamine groups is 2. The summed E-state index contributed by atoms with van der Waals surface area (Å²) in [7, 11) is 0. The molecule has 12 heteroatoms. The van der Waals surface area contributed by atoms with Gasteiger partial charge in [-0.25, -0.2) is 9.59 Å². The molecule has 118 valence electrons. The summed E-state index contributed by atoms with van der Waals surface area (Å²) >= 11 is 11.8. The van der Waals surface area contributed by atoms with Crippen molar-refractivity contribution in [1.82, 2.24) is 5.06 Å². The average molecular weight is 961 g/mol. The van der Waals surface area contributed by atoms with E-state index < -0.39 is -1.13 Å². The zero-order chi connectivity index (χ0) is 16.0. The van der Waals surface area contributed by atoms with Crippen LogP contribution in [0.5, 0.6) is 0 Å². The summed E-state index contributed by atoms with van der Waals surface area (Å²) in [6.45, 7) is 0.476. The third-order valence-electron chi connectivity index (χ3n) is 1.63. The van der Waals surface area contributed by atoms with Gasteiger partial charge in [0, 0.05) is 0 Å². The molecule has 0 aliphatic rings. The maximum Gasteiger partial charge on any atom is 0.342 e. The Morgan fingerprint density at radius 3 is 1.40 bits per heavy atom. The molecule has 0 aromatic carbocycles. The lowest BCUT2D eigenvalue weighted by Gasteiger charge is -2.17. The number of nitrogens with zero attached hydrogens (tertiary/aromatic N) is 1. The van der Waals surface area contributed by atoms with E-state index in [4.69, 9.17) is 9.47 Å². The van der Waals surface area contributed by atoms with Crippen LogP contribution in [-0.4, -0.2) is 47.4 Å². The third kappa shape index (κ3) is 11.7. The van der Waals surface area contributed by atoms with E-state index >= 15 is 0 Å². The van der Waals surface area contributed by atoms with Gasteiger partial charge in [-0.05, 0) is 136 Å². The maximum absolute atomic E-state index is 11.4. The van der Waals surface area contributed by atoms with Gasteiger partial charge in [0.25, 0.3) is 0 Å². The van der Waals surface area contributed by atoms with Crippen molar-refractivity contribution in [2.45, 2.75) is -1.13 Å². The Kier molecular flexibility index (Phi) is 12.7. The number of ether oxygens (including phenoxy) is 2. The lowest BCUT2D eigenvalue weighted by atomic mass is 10.6. The van der Waals surface area contributed by atoms with E-state index in [2.05, 4.69) is 0 Å². The predicted octanol–water partition coefficient (Wildman–Crippen LogP) is 3.68. The molecule has 0 rings (SSSR count). The Hall–Kier alpha value is 3.24. The zero-order valence-corrected chi connectivity index (χ0v) is 22.6. The first kappa shape index (κ1) is 23.2. The molecule has 0 aromatic rings. The number of hydrogen-bond acceptors (Lipinski definition) is 6. The smallest absolute Gasteiger partial charge is 0.342 e. The highest BCUT2D eigenvalue weighted by molar-refractivity contribution is 14.3. The topological polar surface area (TPSA) is 76.1 Å². The van der Waals surface area contributed by atoms with E-state index in [1.54, 1.807) is 0 Å². The van der Waals surface area contributed by atoms with Crippen LogP contribution < -0.4 is 0 Å². The lowest BCUT2D eigenvalue weighted by molar-refractivity contribution is -0.151. The largest absolute Gasteiger partial charge is 0.462 e. The predicted molar refractivity (Wildman–Crippen MR) is 125 cm³/mol. The second-order valence-corrected chi connectivity index (χ2v) is 25.3. The van der Waals surface area contributed by atoms with Crippen molar-refractivity contribution in [2.75, 3.05) is 26.3 Å². The summed E-state index contributed by atoms with van der Waals surface area (Å²) < 4.78 is 8.68. The first-order valence-electron chi connectivity index (χ1n) is 4.86. The Morgan fingerprint density at radius 2 is 1.15 bits per heavy atom. The number of rotatable bonds is 8. The van der Waals surface area contributed by atoms with Crippen LogP contribution in [0.2, 0.25) is 0 Å². The van der Waals surface area contributed by atoms with E-state index in [0.717, 1.165) is 5.06 Å². The molecule has 0 unspecified atom stereocenters. The van der Waals surface area contributed by atoms with Crippen molar-refractivity contribution in [1.29, 1.82) is 0 Å². The van der Waals surface area contributed by atoms with Gasteiger partial charge >= 0.3 is 11.9 Å². The summed E-state index contributed by atoms with van der Waals surface area (Å²) in [5.74, 6) is -0.715. The fraction of sp³-hybridized carbons (Fsp3) is 0.750. The third-order valence-corrected chi connectivity index (χ3v) is 4.27. The fourth-order valence-corrected chi connectivity index (χ4v) is 1.70. The van der Waals surface area contributed by atoms with Crippen molar-refractivity contribution >= 4 is 147 Å². The van der Waals surface area contributed by atoms with Gasteiger partial charge in [-0.2, -0.15) is 5.06 Å². The Morgan fingerprint density at radius 1 is 0.850 bits per heavy atom. The summed E-state index contributed by atoms with van der Waals surface area (Å²) in [6.07, 6.45) is 0. The number of hydrogen-bond donors (Lipinski definition) is 1. The van der Waals surface area contributed by atoms with Gasteiger partial charge in [-0.15, -0.1) is 0 Å². The first-order valence-corrected chi connectivity index (χ1v) is 11.3. The number of alkyl halides is 6. The Labute approximate surface area is 198 Å². The molecule has 1 N–H and O–H groups in total. The fourth-order valence-electron chi connectivity index (χ4n) is 0.763. The molecule has 0 heterocycles. The van der Waals surface area contributed by atoms with Crippen LogP contribution in [0.15, 0.2) is 0 Å². The van der Waals surface area contributed by atoms with Crippen LogP contribution in [-0.2, 0) is 19.1 Å². The van der Waals surface area contributed by atoms with E-state index in [-0.39, 0.29) is 38.2 Å². The van der Waals surface area contributed by atoms with Gasteiger partial charge in [0.15, 0.2) is 0 Å². The summed E-state index contributed by atoms with van der Waals surface area (Å²) in [4.78, 5) is 22.9. The minimum atomic E-state index is -0.646. The van der Waals surface area contributed by atoms with Crippen LogP contribution in [0, 0.1) is 0 Å². The van der Waals surface area contributed by atoms with Crippen LogP contribution in [0.3, 0.4) is 0 Å². The van der Waals surface area contributed by atoms with E-state index in [1.165, 1.54) is 0 Å². The molecule has 0 aliphatic carbocycles. The first-order chi connectivity index (χ1) is 8.94. The quantitative estimate of drug-likeness (QED) is 0.174. The number of esters is 2. The molecule has 0 saturated heterocycles. The standard InChI is InChI=1S/C8H9I6NO5/c9-7(10,11)5(16)19-3-1-15(18)2-4-20-6(17)8(12,13)14/h18H,1-4H2. The van der Waals surface area contributed by atoms with Crippen LogP contribution in [0.1, 0.15) is 0 Å². The number of carbonyl (C=O) groups excluding carboxylic acids is 2. The highest BCUT2D eigenvalue weighted by Crippen LogP contribution is 2.37. The molecule has 0 amide bonds. The van der Waals surface area contributed by atoms with E-state index in [1.807, 2.05) is 136 Å². The maximum atomic E-state index is 11.4. The van der Waals surface area contributed by atoms with Crippen molar-refractivity contribution in [2.24, 2.45) is 0 Å². The second-order valence-electron chi connectivity index (χ2n) is 3.22. The van der Waals surface area contributed by atoms with Crippen molar-refractivity contribution in [3.05, 3.63) is 0 Å². The normalized spacial score (nSPS) is 12.4. The van der Waals surface area contributed by atoms with Gasteiger partial charge in [-0.1, -0.05) is 0 Å². The SMILES string of the molecule is O=C(OCCN(O)CCOC(=O)C(I)(I)I)C(I)(I)I. The molecule has 6 nitrogen and oxygen atoms in total. The molecule has 0 aromatic heterocycles. The van der Waals surface area contributed by atoms with Gasteiger partial charge in [-0.3, -0.25) is 0 Å². The summed E-state index contributed by atoms with van der Waals surface area (Å²) in [5, 5.41) is 10.5. The van der Waals surface area contributed by atoms with Gasteiger partial charge in [0.1, 0.15) is 13.2 Å². The monoisotopic (exact) mass is 960 g/mol. The Balaban J connectivity index is 3.78. The molecule has 0 saturated carbocycles. The van der Waals surface area contributed by atoms with E-state index in [0.29, 0.717) is 0 Å². The minimum Gasteiger partial charge on any atom is -0.462 e. The van der Waals surface area contributed by atoms with Gasteiger partial charge in [0.2, 0.25) is -1.13 Å². The lowest BCUT2D eigenvalue weighted by Crippen LogP contribution is -2.31. The van der Waals surface area contributed by atoms with Gasteiger partial charge in [0.05, 0.1) is 13.1 Å². The van der Waals surface area contributed by atoms with E-state index in [9.17, 15) is 14.8 Å². The minimum absolute atomic E-state index is 0.0782. The second kappa shape index (κ2) is 11.0. The molecule has 0 fully saturated rings. The number of carbonyl (C=O) groups is 2. The molecular formula is C8H9I6NO5. The highest BCUT2D eigenvalue weighted by Gasteiger charge is 2.31. The highest BCUT2D eigenvalue weighted by atomic mass is 127. The molecule has 0 bridgehead atoms. The summed E-state index contributed by atoms with van der Waals surface area (Å²) in [5.41, 5.74) is 0. The Bertz CT molecular complexity index is 309. The van der Waals surface area contributed by atoms with Crippen LogP contribution in [0.25, 0.3) is 0 Å². The van der Waals surface area contributed by atoms with Crippen LogP contribution >= 0.6 is 136 Å². The molecule has 20 heavy (non-hydrogen) atoms. The molecular weight excluding hydrogens is 952 g/mol. The zero-order valence-electron chi connectivity index (χ0n) is 9.62. The average Bonchev–Trinajstić information content (AvgIpc) is 2.26. The van der Waals surface area contributed by atoms with Crippen molar-refractivity contribution in [3.63, 3.8) is 0 Å². The van der Waals surface area contributed by atoms with Crippen molar-refractivity contribution < 1.29 is 24.3 Å². The molecule has 0 spiro atoms. The molecule has 0 atom stereocenters. The van der Waals surface area contributed by atoms with Gasteiger partial charge < -0.3 is 14.7 Å². The number of halogens is 6. The van der Waals surface area contributed by atoms with Crippen molar-refractivity contribution in [3.8, 4) is 0 Å². The molecule has 0 radical (unpaired) electrons. The molecule has 0 aliphatic heterocycles.